The molecule has 0 unspecified atom stereocenters. The van der Waals surface area contributed by atoms with Crippen LogP contribution >= 0.6 is 0 Å². The van der Waals surface area contributed by atoms with Crippen LogP contribution in [0.2, 0.25) is 0 Å². The third-order valence-electron chi connectivity index (χ3n) is 3.40. The number of nitrogens with zero attached hydrogens (tertiary/aromatic N) is 1. The minimum atomic E-state index is -1.49. The summed E-state index contributed by atoms with van der Waals surface area (Å²) in [6.07, 6.45) is -2.54. The van der Waals surface area contributed by atoms with E-state index in [9.17, 15) is 15.0 Å². The van der Waals surface area contributed by atoms with E-state index in [2.05, 4.69) is 0 Å². The first-order valence-electron chi connectivity index (χ1n) is 5.55. The number of ether oxygens (including phenoxy) is 2. The minimum absolute atomic E-state index is 0.200. The normalized spacial score (nSPS) is 42.3. The Bertz CT molecular complexity index is 294. The van der Waals surface area contributed by atoms with Gasteiger partial charge >= 0.3 is 0 Å². The molecule has 6 nitrogen and oxygen atoms in total. The summed E-state index contributed by atoms with van der Waals surface area (Å²) in [5.41, 5.74) is -1.49. The van der Waals surface area contributed by atoms with Crippen LogP contribution in [-0.2, 0) is 14.3 Å². The fourth-order valence-corrected chi connectivity index (χ4v) is 2.37. The number of rotatable bonds is 2. The average molecular weight is 247 g/mol. The Hall–Kier alpha value is -0.690. The number of amides is 1. The first-order chi connectivity index (χ1) is 7.73. The molecule has 1 rings (SSSR count). The van der Waals surface area contributed by atoms with Crippen LogP contribution in [-0.4, -0.2) is 65.3 Å². The molecule has 1 fully saturated rings. The highest BCUT2D eigenvalue weighted by molar-refractivity contribution is 5.73. The van der Waals surface area contributed by atoms with Crippen LogP contribution in [0.4, 0.5) is 0 Å². The van der Waals surface area contributed by atoms with E-state index < -0.39 is 30.1 Å². The maximum atomic E-state index is 11.4. The summed E-state index contributed by atoms with van der Waals surface area (Å²) >= 11 is 0. The summed E-state index contributed by atoms with van der Waals surface area (Å²) in [6.45, 7) is 4.61. The van der Waals surface area contributed by atoms with Crippen molar-refractivity contribution in [2.75, 3.05) is 14.2 Å². The number of likely N-dealkylation sites (N-methyl/N-ethyl adjacent to an activating group) is 1. The van der Waals surface area contributed by atoms with Crippen LogP contribution in [0.25, 0.3) is 0 Å². The van der Waals surface area contributed by atoms with E-state index in [1.807, 2.05) is 0 Å². The molecule has 1 amide bonds. The molecule has 0 aliphatic carbocycles. The van der Waals surface area contributed by atoms with E-state index >= 15 is 0 Å². The monoisotopic (exact) mass is 247 g/mol. The van der Waals surface area contributed by atoms with Crippen molar-refractivity contribution in [3.05, 3.63) is 0 Å². The van der Waals surface area contributed by atoms with Crippen molar-refractivity contribution >= 4 is 5.91 Å². The van der Waals surface area contributed by atoms with Crippen LogP contribution in [0.5, 0.6) is 0 Å². The average Bonchev–Trinajstić information content (AvgIpc) is 2.22. The molecule has 17 heavy (non-hydrogen) atoms. The van der Waals surface area contributed by atoms with E-state index in [0.717, 1.165) is 0 Å². The smallest absolute Gasteiger partial charge is 0.219 e. The van der Waals surface area contributed by atoms with Gasteiger partial charge in [0.15, 0.2) is 6.29 Å². The van der Waals surface area contributed by atoms with E-state index in [-0.39, 0.29) is 5.91 Å². The standard InChI is InChI=1S/C11H21NO5/c1-6-8(12(4)7(2)13)11(3,15)9(14)10(16-5)17-6/h6,8-10,14-15H,1-5H3/t6-,8+,9+,10+,11+/m1/s1. The summed E-state index contributed by atoms with van der Waals surface area (Å²) in [6, 6.07) is -0.624. The second kappa shape index (κ2) is 4.89. The third kappa shape index (κ3) is 2.44. The van der Waals surface area contributed by atoms with Gasteiger partial charge < -0.3 is 24.6 Å². The molecule has 0 spiro atoms. The number of carbonyl (C=O) groups is 1. The van der Waals surface area contributed by atoms with Gasteiger partial charge in [0.1, 0.15) is 11.7 Å². The van der Waals surface area contributed by atoms with Gasteiger partial charge in [-0.25, -0.2) is 0 Å². The lowest BCUT2D eigenvalue weighted by atomic mass is 9.83. The van der Waals surface area contributed by atoms with Gasteiger partial charge in [-0.15, -0.1) is 0 Å². The van der Waals surface area contributed by atoms with Gasteiger partial charge in [-0.1, -0.05) is 0 Å². The molecule has 6 heteroatoms. The summed E-state index contributed by atoms with van der Waals surface area (Å²) in [5.74, 6) is -0.200. The van der Waals surface area contributed by atoms with E-state index in [0.29, 0.717) is 0 Å². The molecular weight excluding hydrogens is 226 g/mol. The SMILES string of the molecule is CO[C@H]1O[C@H](C)[C@H](N(C)C(C)=O)[C@](C)(O)[C@H]1O. The maximum Gasteiger partial charge on any atom is 0.219 e. The number of aliphatic hydroxyl groups is 2. The van der Waals surface area contributed by atoms with Gasteiger partial charge in [0, 0.05) is 21.1 Å². The predicted octanol–water partition coefficient (Wildman–Crippen LogP) is -0.664. The van der Waals surface area contributed by atoms with Gasteiger partial charge in [-0.05, 0) is 13.8 Å². The highest BCUT2D eigenvalue weighted by Crippen LogP contribution is 2.32. The molecule has 0 aromatic rings. The number of hydrogen-bond donors (Lipinski definition) is 2. The summed E-state index contributed by atoms with van der Waals surface area (Å²) < 4.78 is 10.4. The number of carbonyl (C=O) groups excluding carboxylic acids is 1. The lowest BCUT2D eigenvalue weighted by Gasteiger charge is -2.50. The highest BCUT2D eigenvalue weighted by Gasteiger charge is 2.53. The Balaban J connectivity index is 3.01. The van der Waals surface area contributed by atoms with Crippen LogP contribution in [0.15, 0.2) is 0 Å². The first kappa shape index (κ1) is 14.4. The van der Waals surface area contributed by atoms with E-state index in [1.54, 1.807) is 14.0 Å². The molecule has 0 aromatic carbocycles. The zero-order chi connectivity index (χ0) is 13.4. The van der Waals surface area contributed by atoms with Gasteiger partial charge in [-0.2, -0.15) is 0 Å². The molecule has 0 radical (unpaired) electrons. The number of aliphatic hydroxyl groups excluding tert-OH is 1. The maximum absolute atomic E-state index is 11.4. The van der Waals surface area contributed by atoms with Gasteiger partial charge in [-0.3, -0.25) is 4.79 Å². The quantitative estimate of drug-likeness (QED) is 0.677. The van der Waals surface area contributed by atoms with Crippen molar-refractivity contribution in [2.24, 2.45) is 0 Å². The molecule has 1 aliphatic rings. The van der Waals surface area contributed by atoms with Gasteiger partial charge in [0.2, 0.25) is 5.91 Å². The molecule has 1 heterocycles. The Morgan fingerprint density at radius 2 is 2.06 bits per heavy atom. The Morgan fingerprint density at radius 3 is 2.47 bits per heavy atom. The molecule has 0 saturated carbocycles. The zero-order valence-electron chi connectivity index (χ0n) is 10.9. The summed E-state index contributed by atoms with van der Waals surface area (Å²) in [4.78, 5) is 12.8. The second-order valence-corrected chi connectivity index (χ2v) is 4.69. The van der Waals surface area contributed by atoms with Gasteiger partial charge in [0.25, 0.3) is 0 Å². The molecule has 1 saturated heterocycles. The number of methoxy groups -OCH3 is 1. The second-order valence-electron chi connectivity index (χ2n) is 4.69. The van der Waals surface area contributed by atoms with Crippen LogP contribution in [0, 0.1) is 0 Å². The van der Waals surface area contributed by atoms with Crippen molar-refractivity contribution < 1.29 is 24.5 Å². The van der Waals surface area contributed by atoms with Crippen LogP contribution in [0.1, 0.15) is 20.8 Å². The summed E-state index contributed by atoms with van der Waals surface area (Å²) in [7, 11) is 2.97. The zero-order valence-corrected chi connectivity index (χ0v) is 10.9. The lowest BCUT2D eigenvalue weighted by molar-refractivity contribution is -0.301. The van der Waals surface area contributed by atoms with Crippen LogP contribution in [0.3, 0.4) is 0 Å². The summed E-state index contributed by atoms with van der Waals surface area (Å²) in [5, 5.41) is 20.4. The van der Waals surface area contributed by atoms with Crippen molar-refractivity contribution in [1.82, 2.24) is 4.90 Å². The Labute approximate surface area is 101 Å². The largest absolute Gasteiger partial charge is 0.385 e. The molecule has 0 bridgehead atoms. The first-order valence-corrected chi connectivity index (χ1v) is 5.55. The lowest BCUT2D eigenvalue weighted by Crippen LogP contribution is -2.69. The minimum Gasteiger partial charge on any atom is -0.385 e. The number of hydrogen-bond acceptors (Lipinski definition) is 5. The molecular formula is C11H21NO5. The fraction of sp³-hybridized carbons (Fsp3) is 0.909. The van der Waals surface area contributed by atoms with E-state index in [1.165, 1.54) is 25.9 Å². The third-order valence-corrected chi connectivity index (χ3v) is 3.40. The van der Waals surface area contributed by atoms with E-state index in [4.69, 9.17) is 9.47 Å². The Morgan fingerprint density at radius 1 is 1.53 bits per heavy atom. The molecule has 0 aromatic heterocycles. The molecule has 100 valence electrons. The topological polar surface area (TPSA) is 79.2 Å². The van der Waals surface area contributed by atoms with Crippen LogP contribution < -0.4 is 0 Å². The fourth-order valence-electron chi connectivity index (χ4n) is 2.37. The van der Waals surface area contributed by atoms with Crippen molar-refractivity contribution in [3.63, 3.8) is 0 Å². The molecule has 2 N–H and O–H groups in total. The highest BCUT2D eigenvalue weighted by atomic mass is 16.7. The van der Waals surface area contributed by atoms with Gasteiger partial charge in [0.05, 0.1) is 12.1 Å². The molecule has 5 atom stereocenters. The molecule has 1 aliphatic heterocycles. The van der Waals surface area contributed by atoms with Crippen molar-refractivity contribution in [2.45, 2.75) is 50.9 Å². The van der Waals surface area contributed by atoms with Crippen molar-refractivity contribution in [3.8, 4) is 0 Å². The predicted molar refractivity (Wildman–Crippen MR) is 60.2 cm³/mol. The Kier molecular flexibility index (Phi) is 4.14. The van der Waals surface area contributed by atoms with Crippen molar-refractivity contribution in [1.29, 1.82) is 0 Å².